The van der Waals surface area contributed by atoms with Crippen molar-refractivity contribution in [3.05, 3.63) is 34.2 Å². The van der Waals surface area contributed by atoms with Gasteiger partial charge in [-0.3, -0.25) is 4.79 Å². The van der Waals surface area contributed by atoms with Crippen LogP contribution in [0.25, 0.3) is 11.0 Å². The zero-order chi connectivity index (χ0) is 15.4. The van der Waals surface area contributed by atoms with Crippen LogP contribution in [0.3, 0.4) is 0 Å². The molecule has 0 aliphatic heterocycles. The lowest BCUT2D eigenvalue weighted by Gasteiger charge is -2.18. The second-order valence-corrected chi connectivity index (χ2v) is 5.45. The average molecular weight is 290 g/mol. The van der Waals surface area contributed by atoms with Crippen molar-refractivity contribution < 1.29 is 4.79 Å². The fourth-order valence-corrected chi connectivity index (χ4v) is 2.31. The number of benzene rings is 1. The van der Waals surface area contributed by atoms with E-state index >= 15 is 0 Å². The molecule has 0 aliphatic rings. The maximum atomic E-state index is 12.1. The average Bonchev–Trinajstić information content (AvgIpc) is 2.83. The topological polar surface area (TPSA) is 104 Å². The summed E-state index contributed by atoms with van der Waals surface area (Å²) in [4.78, 5) is 28.7. The molecule has 6 nitrogen and oxygen atoms in total. The number of H-pyrrole nitrogens is 2. The molecule has 6 heteroatoms. The van der Waals surface area contributed by atoms with Gasteiger partial charge in [0.05, 0.1) is 17.1 Å². The molecule has 2 atom stereocenters. The molecular weight excluding hydrogens is 268 g/mol. The van der Waals surface area contributed by atoms with Gasteiger partial charge in [-0.1, -0.05) is 13.0 Å². The van der Waals surface area contributed by atoms with Crippen molar-refractivity contribution in [2.75, 3.05) is 6.54 Å². The van der Waals surface area contributed by atoms with E-state index in [0.717, 1.165) is 29.4 Å². The number of carbonyl (C=O) groups excluding carboxylic acids is 1. The Morgan fingerprint density at radius 2 is 2.00 bits per heavy atom. The number of fused-ring (bicyclic) bond motifs is 1. The molecule has 0 saturated heterocycles. The number of nitrogens with one attached hydrogen (secondary N) is 3. The molecule has 21 heavy (non-hydrogen) atoms. The lowest BCUT2D eigenvalue weighted by atomic mass is 10.0. The predicted octanol–water partition coefficient (Wildman–Crippen LogP) is 1.41. The molecule has 1 amide bonds. The summed E-state index contributed by atoms with van der Waals surface area (Å²) >= 11 is 0. The minimum atomic E-state index is -0.228. The van der Waals surface area contributed by atoms with Crippen LogP contribution >= 0.6 is 0 Å². The van der Waals surface area contributed by atoms with Crippen LogP contribution in [0, 0.1) is 5.92 Å². The van der Waals surface area contributed by atoms with Crippen molar-refractivity contribution in [2.24, 2.45) is 11.7 Å². The SMILES string of the molecule is CC(CCCN)C(=O)NC(C)c1ccc2[nH]c(=O)[nH]c2c1. The molecule has 0 aliphatic carbocycles. The Labute approximate surface area is 123 Å². The van der Waals surface area contributed by atoms with Crippen molar-refractivity contribution in [3.63, 3.8) is 0 Å². The summed E-state index contributed by atoms with van der Waals surface area (Å²) in [6, 6.07) is 5.51. The van der Waals surface area contributed by atoms with Crippen LogP contribution in [0.5, 0.6) is 0 Å². The van der Waals surface area contributed by atoms with E-state index in [1.807, 2.05) is 32.0 Å². The second-order valence-electron chi connectivity index (χ2n) is 5.45. The number of hydrogen-bond donors (Lipinski definition) is 4. The summed E-state index contributed by atoms with van der Waals surface area (Å²) in [7, 11) is 0. The van der Waals surface area contributed by atoms with E-state index in [1.165, 1.54) is 0 Å². The number of aromatic nitrogens is 2. The zero-order valence-electron chi connectivity index (χ0n) is 12.4. The van der Waals surface area contributed by atoms with E-state index in [9.17, 15) is 9.59 Å². The van der Waals surface area contributed by atoms with Gasteiger partial charge in [-0.2, -0.15) is 0 Å². The Balaban J connectivity index is 2.05. The van der Waals surface area contributed by atoms with Crippen molar-refractivity contribution in [1.29, 1.82) is 0 Å². The summed E-state index contributed by atoms with van der Waals surface area (Å²) in [6.07, 6.45) is 1.64. The third kappa shape index (κ3) is 3.72. The zero-order valence-corrected chi connectivity index (χ0v) is 12.4. The van der Waals surface area contributed by atoms with Crippen molar-refractivity contribution >= 4 is 16.9 Å². The molecule has 0 bridgehead atoms. The van der Waals surface area contributed by atoms with E-state index in [-0.39, 0.29) is 23.6 Å². The maximum absolute atomic E-state index is 12.1. The van der Waals surface area contributed by atoms with E-state index in [2.05, 4.69) is 15.3 Å². The highest BCUT2D eigenvalue weighted by atomic mass is 16.2. The fraction of sp³-hybridized carbons (Fsp3) is 0.467. The predicted molar refractivity (Wildman–Crippen MR) is 82.9 cm³/mol. The lowest BCUT2D eigenvalue weighted by Crippen LogP contribution is -2.31. The first kappa shape index (κ1) is 15.3. The standard InChI is InChI=1S/C15H22N4O2/c1-9(4-3-7-16)14(20)17-10(2)11-5-6-12-13(8-11)19-15(21)18-12/h5-6,8-10H,3-4,7,16H2,1-2H3,(H,17,20)(H2,18,19,21). The van der Waals surface area contributed by atoms with Gasteiger partial charge >= 0.3 is 5.69 Å². The van der Waals surface area contributed by atoms with Gasteiger partial charge in [0.15, 0.2) is 0 Å². The first-order chi connectivity index (χ1) is 10.0. The van der Waals surface area contributed by atoms with Crippen LogP contribution in [-0.4, -0.2) is 22.4 Å². The smallest absolute Gasteiger partial charge is 0.323 e. The number of aromatic amines is 2. The van der Waals surface area contributed by atoms with Gasteiger partial charge < -0.3 is 21.0 Å². The van der Waals surface area contributed by atoms with Crippen molar-refractivity contribution in [2.45, 2.75) is 32.7 Å². The molecule has 2 rings (SSSR count). The Morgan fingerprint density at radius 1 is 1.29 bits per heavy atom. The van der Waals surface area contributed by atoms with Crippen LogP contribution in [0.4, 0.5) is 0 Å². The molecule has 114 valence electrons. The van der Waals surface area contributed by atoms with Crippen LogP contribution in [-0.2, 0) is 4.79 Å². The van der Waals surface area contributed by atoms with Crippen LogP contribution in [0.2, 0.25) is 0 Å². The summed E-state index contributed by atoms with van der Waals surface area (Å²) in [5.41, 5.74) is 7.70. The highest BCUT2D eigenvalue weighted by Gasteiger charge is 2.16. The summed E-state index contributed by atoms with van der Waals surface area (Å²) in [6.45, 7) is 4.44. The monoisotopic (exact) mass is 290 g/mol. The number of amides is 1. The Hall–Kier alpha value is -2.08. The molecule has 0 fully saturated rings. The van der Waals surface area contributed by atoms with E-state index in [0.29, 0.717) is 6.54 Å². The molecule has 0 radical (unpaired) electrons. The Bertz CT molecular complexity index is 674. The molecular formula is C15H22N4O2. The summed E-state index contributed by atoms with van der Waals surface area (Å²) in [5.74, 6) is -0.0228. The van der Waals surface area contributed by atoms with E-state index < -0.39 is 0 Å². The van der Waals surface area contributed by atoms with Gasteiger partial charge in [-0.05, 0) is 44.0 Å². The molecule has 1 aromatic heterocycles. The van der Waals surface area contributed by atoms with Gasteiger partial charge in [-0.15, -0.1) is 0 Å². The van der Waals surface area contributed by atoms with Crippen LogP contribution in [0.15, 0.2) is 23.0 Å². The van der Waals surface area contributed by atoms with E-state index in [4.69, 9.17) is 5.73 Å². The van der Waals surface area contributed by atoms with Gasteiger partial charge in [0.2, 0.25) is 5.91 Å². The molecule has 2 aromatic rings. The van der Waals surface area contributed by atoms with Gasteiger partial charge in [0, 0.05) is 5.92 Å². The number of carbonyl (C=O) groups is 1. The van der Waals surface area contributed by atoms with E-state index in [1.54, 1.807) is 0 Å². The second kappa shape index (κ2) is 6.58. The van der Waals surface area contributed by atoms with Crippen molar-refractivity contribution in [3.8, 4) is 0 Å². The third-order valence-corrected chi connectivity index (χ3v) is 3.69. The molecule has 1 heterocycles. The molecule has 0 saturated carbocycles. The lowest BCUT2D eigenvalue weighted by molar-refractivity contribution is -0.125. The maximum Gasteiger partial charge on any atom is 0.323 e. The normalized spacial score (nSPS) is 14.0. The van der Waals surface area contributed by atoms with Gasteiger partial charge in [0.25, 0.3) is 0 Å². The largest absolute Gasteiger partial charge is 0.349 e. The Kier molecular flexibility index (Phi) is 4.80. The number of nitrogens with two attached hydrogens (primary N) is 1. The van der Waals surface area contributed by atoms with Crippen LogP contribution in [0.1, 0.15) is 38.3 Å². The Morgan fingerprint density at radius 3 is 2.71 bits per heavy atom. The van der Waals surface area contributed by atoms with Crippen molar-refractivity contribution in [1.82, 2.24) is 15.3 Å². The molecule has 2 unspecified atom stereocenters. The first-order valence-electron chi connectivity index (χ1n) is 7.23. The minimum Gasteiger partial charge on any atom is -0.349 e. The molecule has 1 aromatic carbocycles. The molecule has 5 N–H and O–H groups in total. The fourth-order valence-electron chi connectivity index (χ4n) is 2.31. The highest BCUT2D eigenvalue weighted by Crippen LogP contribution is 2.18. The number of rotatable bonds is 6. The third-order valence-electron chi connectivity index (χ3n) is 3.69. The summed E-state index contributed by atoms with van der Waals surface area (Å²) in [5, 5.41) is 2.99. The quantitative estimate of drug-likeness (QED) is 0.646. The first-order valence-corrected chi connectivity index (χ1v) is 7.23. The summed E-state index contributed by atoms with van der Waals surface area (Å²) < 4.78 is 0. The number of imidazole rings is 1. The van der Waals surface area contributed by atoms with Gasteiger partial charge in [0.1, 0.15) is 0 Å². The minimum absolute atomic E-state index is 0.0265. The van der Waals surface area contributed by atoms with Gasteiger partial charge in [-0.25, -0.2) is 4.79 Å². The molecule has 0 spiro atoms. The van der Waals surface area contributed by atoms with Crippen LogP contribution < -0.4 is 16.7 Å². The number of hydrogen-bond acceptors (Lipinski definition) is 3. The highest BCUT2D eigenvalue weighted by molar-refractivity contribution is 5.79.